The average Bonchev–Trinajstić information content (AvgIpc) is 3.47. The van der Waals surface area contributed by atoms with E-state index in [4.69, 9.17) is 4.74 Å². The second-order valence-corrected chi connectivity index (χ2v) is 10.5. The molecule has 1 aromatic carbocycles. The molecule has 2 fully saturated rings. The van der Waals surface area contributed by atoms with E-state index in [-0.39, 0.29) is 17.9 Å². The molecule has 1 aliphatic heterocycles. The molecule has 1 saturated carbocycles. The number of ether oxygens (including phenoxy) is 1. The van der Waals surface area contributed by atoms with E-state index >= 15 is 0 Å². The van der Waals surface area contributed by atoms with Gasteiger partial charge in [0.05, 0.1) is 24.0 Å². The largest absolute Gasteiger partial charge is 0.466 e. The molecular formula is C29H41N5O4. The maximum absolute atomic E-state index is 13.7. The van der Waals surface area contributed by atoms with Crippen molar-refractivity contribution in [2.45, 2.75) is 70.8 Å². The maximum atomic E-state index is 13.7. The highest BCUT2D eigenvalue weighted by molar-refractivity contribution is 5.88. The van der Waals surface area contributed by atoms with Gasteiger partial charge in [-0.25, -0.2) is 9.78 Å². The van der Waals surface area contributed by atoms with Gasteiger partial charge in [-0.2, -0.15) is 0 Å². The van der Waals surface area contributed by atoms with Gasteiger partial charge in [0, 0.05) is 38.7 Å². The Kier molecular flexibility index (Phi) is 9.79. The van der Waals surface area contributed by atoms with E-state index in [9.17, 15) is 14.4 Å². The van der Waals surface area contributed by atoms with Gasteiger partial charge in [0.2, 0.25) is 5.91 Å². The summed E-state index contributed by atoms with van der Waals surface area (Å²) in [4.78, 5) is 48.6. The number of piperidine rings is 1. The highest BCUT2D eigenvalue weighted by Crippen LogP contribution is 2.46. The van der Waals surface area contributed by atoms with Crippen LogP contribution in [0.1, 0.15) is 63.1 Å². The number of likely N-dealkylation sites (tertiary alicyclic amines) is 1. The lowest BCUT2D eigenvalue weighted by molar-refractivity contribution is -0.166. The van der Waals surface area contributed by atoms with Crippen LogP contribution in [0.5, 0.6) is 0 Å². The molecule has 0 bridgehead atoms. The smallest absolute Gasteiger partial charge is 0.315 e. The third kappa shape index (κ3) is 6.94. The van der Waals surface area contributed by atoms with Crippen molar-refractivity contribution < 1.29 is 19.1 Å². The third-order valence-electron chi connectivity index (χ3n) is 8.14. The Balaban J connectivity index is 1.41. The number of hydrogen-bond donors (Lipinski definition) is 3. The first-order valence-corrected chi connectivity index (χ1v) is 14.0. The van der Waals surface area contributed by atoms with Crippen LogP contribution in [0.2, 0.25) is 0 Å². The number of esters is 1. The van der Waals surface area contributed by atoms with Crippen molar-refractivity contribution in [2.24, 2.45) is 11.3 Å². The molecule has 4 rings (SSSR count). The van der Waals surface area contributed by atoms with Crippen molar-refractivity contribution in [3.63, 3.8) is 0 Å². The van der Waals surface area contributed by atoms with Crippen molar-refractivity contribution in [3.8, 4) is 0 Å². The molecule has 0 radical (unpaired) electrons. The van der Waals surface area contributed by atoms with Crippen LogP contribution in [0.3, 0.4) is 0 Å². The molecule has 1 aliphatic carbocycles. The first-order chi connectivity index (χ1) is 18.5. The molecular weight excluding hydrogens is 482 g/mol. The molecule has 0 spiro atoms. The van der Waals surface area contributed by atoms with Gasteiger partial charge in [0.25, 0.3) is 0 Å². The van der Waals surface area contributed by atoms with Crippen LogP contribution < -0.4 is 10.6 Å². The molecule has 3 amide bonds. The Hall–Kier alpha value is -3.36. The Labute approximate surface area is 225 Å². The van der Waals surface area contributed by atoms with Gasteiger partial charge < -0.3 is 25.3 Å². The number of imidazole rings is 1. The number of amides is 3. The van der Waals surface area contributed by atoms with Gasteiger partial charge in [0.1, 0.15) is 6.04 Å². The lowest BCUT2D eigenvalue weighted by atomic mass is 9.63. The van der Waals surface area contributed by atoms with Crippen LogP contribution in [-0.4, -0.2) is 65.1 Å². The summed E-state index contributed by atoms with van der Waals surface area (Å²) in [5, 5.41) is 5.75. The fourth-order valence-electron chi connectivity index (χ4n) is 6.05. The number of aromatic nitrogens is 2. The third-order valence-corrected chi connectivity index (χ3v) is 8.14. The van der Waals surface area contributed by atoms with Crippen LogP contribution >= 0.6 is 0 Å². The van der Waals surface area contributed by atoms with E-state index in [1.165, 1.54) is 6.42 Å². The summed E-state index contributed by atoms with van der Waals surface area (Å²) in [5.74, 6) is 0.0951. The first kappa shape index (κ1) is 27.7. The molecule has 2 aliphatic rings. The summed E-state index contributed by atoms with van der Waals surface area (Å²) in [6.07, 6.45) is 11.2. The Bertz CT molecular complexity index is 1030. The number of hydrogen-bond acceptors (Lipinski definition) is 5. The van der Waals surface area contributed by atoms with Crippen molar-refractivity contribution in [1.29, 1.82) is 0 Å². The minimum atomic E-state index is -0.701. The molecule has 1 unspecified atom stereocenters. The van der Waals surface area contributed by atoms with E-state index < -0.39 is 11.5 Å². The van der Waals surface area contributed by atoms with E-state index in [1.807, 2.05) is 42.2 Å². The number of benzene rings is 1. The van der Waals surface area contributed by atoms with Crippen molar-refractivity contribution in [2.75, 3.05) is 26.2 Å². The van der Waals surface area contributed by atoms with Gasteiger partial charge in [-0.05, 0) is 44.1 Å². The fraction of sp³-hybridized carbons (Fsp3) is 0.586. The molecule has 9 nitrogen and oxygen atoms in total. The zero-order valence-corrected chi connectivity index (χ0v) is 22.4. The Morgan fingerprint density at radius 2 is 1.87 bits per heavy atom. The Morgan fingerprint density at radius 3 is 2.53 bits per heavy atom. The van der Waals surface area contributed by atoms with Crippen LogP contribution in [0.15, 0.2) is 42.9 Å². The van der Waals surface area contributed by atoms with Gasteiger partial charge >= 0.3 is 12.0 Å². The molecule has 2 heterocycles. The summed E-state index contributed by atoms with van der Waals surface area (Å²) in [7, 11) is 0. The number of carbonyl (C=O) groups excluding carboxylic acids is 3. The molecule has 9 heteroatoms. The topological polar surface area (TPSA) is 116 Å². The summed E-state index contributed by atoms with van der Waals surface area (Å²) in [6, 6.07) is 8.63. The minimum Gasteiger partial charge on any atom is -0.466 e. The molecule has 1 aromatic heterocycles. The van der Waals surface area contributed by atoms with Crippen LogP contribution in [0.4, 0.5) is 4.79 Å². The number of nitrogens with one attached hydrogen (secondary N) is 3. The zero-order chi connectivity index (χ0) is 26.8. The number of nitrogens with zero attached hydrogens (tertiary/aromatic N) is 2. The second kappa shape index (κ2) is 13.4. The number of rotatable bonds is 10. The van der Waals surface area contributed by atoms with Crippen LogP contribution in [0, 0.1) is 11.3 Å². The summed E-state index contributed by atoms with van der Waals surface area (Å²) in [6.45, 7) is 3.61. The number of aromatic amines is 1. The van der Waals surface area contributed by atoms with E-state index in [0.717, 1.165) is 36.9 Å². The van der Waals surface area contributed by atoms with Gasteiger partial charge in [-0.1, -0.05) is 49.6 Å². The number of H-pyrrole nitrogens is 1. The standard InChI is InChI=1S/C29H41N5O4/c1-2-38-27(36)29(23-11-7-4-8-12-23)14-17-34(18-15-29)26(35)25(19-22-9-5-3-6-10-22)33-28(37)31-16-13-24-20-30-21-32-24/h3,5-6,9-10,20-21,23,25H,2,4,7-8,11-19H2,1H3,(H,30,32)(H2,31,33,37). The van der Waals surface area contributed by atoms with E-state index in [0.29, 0.717) is 57.8 Å². The van der Waals surface area contributed by atoms with E-state index in [2.05, 4.69) is 20.6 Å². The van der Waals surface area contributed by atoms with Gasteiger partial charge in [-0.3, -0.25) is 9.59 Å². The minimum absolute atomic E-state index is 0.103. The normalized spacial score (nSPS) is 18.4. The molecule has 38 heavy (non-hydrogen) atoms. The fourth-order valence-corrected chi connectivity index (χ4v) is 6.05. The summed E-state index contributed by atoms with van der Waals surface area (Å²) in [5.41, 5.74) is 1.32. The number of urea groups is 1. The zero-order valence-electron chi connectivity index (χ0n) is 22.4. The maximum Gasteiger partial charge on any atom is 0.315 e. The average molecular weight is 524 g/mol. The highest BCUT2D eigenvalue weighted by atomic mass is 16.5. The second-order valence-electron chi connectivity index (χ2n) is 10.5. The summed E-state index contributed by atoms with van der Waals surface area (Å²) >= 11 is 0. The van der Waals surface area contributed by atoms with Crippen LogP contribution in [0.25, 0.3) is 0 Å². The molecule has 2 aromatic rings. The summed E-state index contributed by atoms with van der Waals surface area (Å²) < 4.78 is 5.56. The van der Waals surface area contributed by atoms with E-state index in [1.54, 1.807) is 12.5 Å². The molecule has 3 N–H and O–H groups in total. The number of carbonyl (C=O) groups is 3. The van der Waals surface area contributed by atoms with Crippen LogP contribution in [-0.2, 0) is 27.2 Å². The lowest BCUT2D eigenvalue weighted by Crippen LogP contribution is -2.56. The van der Waals surface area contributed by atoms with Crippen molar-refractivity contribution in [3.05, 3.63) is 54.1 Å². The molecule has 1 atom stereocenters. The Morgan fingerprint density at radius 1 is 1.13 bits per heavy atom. The monoisotopic (exact) mass is 523 g/mol. The highest BCUT2D eigenvalue weighted by Gasteiger charge is 2.49. The SMILES string of the molecule is CCOC(=O)C1(C2CCCCC2)CCN(C(=O)C(Cc2ccccc2)NC(=O)NCCc2c[nH]cn2)CC1. The quantitative estimate of drug-likeness (QED) is 0.412. The first-order valence-electron chi connectivity index (χ1n) is 14.0. The van der Waals surface area contributed by atoms with Crippen molar-refractivity contribution in [1.82, 2.24) is 25.5 Å². The van der Waals surface area contributed by atoms with Crippen molar-refractivity contribution >= 4 is 17.9 Å². The lowest BCUT2D eigenvalue weighted by Gasteiger charge is -2.46. The molecule has 206 valence electrons. The predicted octanol–water partition coefficient (Wildman–Crippen LogP) is 3.61. The molecule has 1 saturated heterocycles. The van der Waals surface area contributed by atoms with Gasteiger partial charge in [-0.15, -0.1) is 0 Å². The predicted molar refractivity (Wildman–Crippen MR) is 144 cm³/mol. The van der Waals surface area contributed by atoms with Gasteiger partial charge in [0.15, 0.2) is 0 Å².